The summed E-state index contributed by atoms with van der Waals surface area (Å²) in [5, 5.41) is 46.1. The molecule has 0 saturated carbocycles. The minimum Gasteiger partial charge on any atom is -0.481 e. The van der Waals surface area contributed by atoms with Crippen LogP contribution in [-0.4, -0.2) is 122 Å². The molecule has 0 bridgehead atoms. The van der Waals surface area contributed by atoms with E-state index in [1.165, 1.54) is 0 Å². The molecule has 0 aliphatic carbocycles. The molecule has 2 aliphatic heterocycles. The Balaban J connectivity index is 0.000000499. The second kappa shape index (κ2) is 20.2. The number of nitriles is 1. The van der Waals surface area contributed by atoms with Gasteiger partial charge in [-0.25, -0.2) is 4.79 Å². The van der Waals surface area contributed by atoms with E-state index in [-0.39, 0.29) is 17.3 Å². The van der Waals surface area contributed by atoms with Crippen LogP contribution in [0.15, 0.2) is 54.6 Å². The Morgan fingerprint density at radius 1 is 0.945 bits per heavy atom. The van der Waals surface area contributed by atoms with Crippen LogP contribution in [0, 0.1) is 11.3 Å². The minimum atomic E-state index is -2.74. The Hall–Kier alpha value is -4.78. The number of carbonyl (C=O) groups excluding carboxylic acids is 2. The van der Waals surface area contributed by atoms with Crippen molar-refractivity contribution in [2.75, 3.05) is 39.8 Å². The molecular formula is C39H46Cl2N4O10. The number of aliphatic carboxylic acids is 3. The molecule has 2 saturated heterocycles. The lowest BCUT2D eigenvalue weighted by molar-refractivity contribution is -0.170. The second-order valence-corrected chi connectivity index (χ2v) is 14.6. The molecule has 1 atom stereocenters. The SMILES string of the molecule is CN(CC(CCN1CCC(N2CCCCC2=O)CC1)c1ccc(Cl)c(Cl)c1)C(=O)c1cc(C#N)cc2ccccc12.O.O=C(O)CC(O)(CC(=O)O)C(=O)O. The number of nitrogens with zero attached hydrogens (tertiary/aromatic N) is 4. The molecule has 0 spiro atoms. The van der Waals surface area contributed by atoms with Gasteiger partial charge in [0.2, 0.25) is 5.91 Å². The van der Waals surface area contributed by atoms with Gasteiger partial charge in [-0.2, -0.15) is 5.26 Å². The van der Waals surface area contributed by atoms with Crippen molar-refractivity contribution in [1.29, 1.82) is 5.26 Å². The van der Waals surface area contributed by atoms with Crippen LogP contribution < -0.4 is 0 Å². The maximum absolute atomic E-state index is 13.8. The number of piperidine rings is 2. The van der Waals surface area contributed by atoms with Crippen molar-refractivity contribution in [2.24, 2.45) is 0 Å². The average molecular weight is 802 g/mol. The zero-order valence-electron chi connectivity index (χ0n) is 30.4. The van der Waals surface area contributed by atoms with E-state index < -0.39 is 36.4 Å². The molecule has 3 aromatic carbocycles. The molecule has 55 heavy (non-hydrogen) atoms. The Morgan fingerprint density at radius 2 is 1.60 bits per heavy atom. The van der Waals surface area contributed by atoms with Crippen LogP contribution in [0.5, 0.6) is 0 Å². The molecule has 2 heterocycles. The molecule has 5 rings (SSSR count). The van der Waals surface area contributed by atoms with Crippen LogP contribution in [-0.2, 0) is 19.2 Å². The highest BCUT2D eigenvalue weighted by molar-refractivity contribution is 6.42. The summed E-state index contributed by atoms with van der Waals surface area (Å²) in [6.45, 7) is 4.21. The topological polar surface area (TPSA) is 231 Å². The number of carboxylic acid groups (broad SMARTS) is 3. The van der Waals surface area contributed by atoms with E-state index in [0.29, 0.717) is 46.1 Å². The van der Waals surface area contributed by atoms with Gasteiger partial charge in [0.1, 0.15) is 0 Å². The highest BCUT2D eigenvalue weighted by Crippen LogP contribution is 2.31. The third kappa shape index (κ3) is 12.1. The standard InChI is InChI=1S/C33H36Cl2N4O2.C6H8O7.H2O/c1-37(33(41)29-19-23(21-36)18-25-6-2-3-7-28(25)29)22-26(24-9-10-30(34)31(35)20-24)11-15-38-16-12-27(13-17-38)39-14-5-4-8-32(39)40;7-3(8)1-6(13,5(11)12)2-4(9)10;/h2-3,6-7,9-10,18-20,26-27H,4-5,8,11-17,22H2,1H3;13H,1-2H2,(H,7,8)(H,9,10)(H,11,12);1H2. The summed E-state index contributed by atoms with van der Waals surface area (Å²) in [5.74, 6) is -4.77. The quantitative estimate of drug-likeness (QED) is 0.186. The first-order chi connectivity index (χ1) is 25.6. The van der Waals surface area contributed by atoms with Crippen LogP contribution in [0.2, 0.25) is 10.0 Å². The Bertz CT molecular complexity index is 1890. The van der Waals surface area contributed by atoms with Gasteiger partial charge in [-0.3, -0.25) is 19.2 Å². The fourth-order valence-corrected chi connectivity index (χ4v) is 7.33. The fraction of sp³-hybridized carbons (Fsp3) is 0.436. The first-order valence-corrected chi connectivity index (χ1v) is 18.4. The number of carboxylic acids is 3. The smallest absolute Gasteiger partial charge is 0.336 e. The summed E-state index contributed by atoms with van der Waals surface area (Å²) in [7, 11) is 1.82. The first-order valence-electron chi connectivity index (χ1n) is 17.7. The van der Waals surface area contributed by atoms with Crippen LogP contribution in [0.25, 0.3) is 10.8 Å². The van der Waals surface area contributed by atoms with Gasteiger partial charge in [-0.05, 0) is 79.3 Å². The summed E-state index contributed by atoms with van der Waals surface area (Å²) in [4.78, 5) is 63.0. The summed E-state index contributed by atoms with van der Waals surface area (Å²) >= 11 is 12.6. The van der Waals surface area contributed by atoms with Crippen LogP contribution in [0.1, 0.15) is 78.8 Å². The van der Waals surface area contributed by atoms with E-state index in [2.05, 4.69) is 15.9 Å². The number of carbonyl (C=O) groups is 5. The molecule has 2 aliphatic rings. The summed E-state index contributed by atoms with van der Waals surface area (Å²) in [5.41, 5.74) is -0.693. The van der Waals surface area contributed by atoms with Gasteiger partial charge in [-0.15, -0.1) is 0 Å². The zero-order valence-corrected chi connectivity index (χ0v) is 31.9. The van der Waals surface area contributed by atoms with E-state index in [1.807, 2.05) is 55.6 Å². The number of hydrogen-bond acceptors (Lipinski definition) is 8. The maximum Gasteiger partial charge on any atom is 0.336 e. The zero-order chi connectivity index (χ0) is 39.6. The summed E-state index contributed by atoms with van der Waals surface area (Å²) in [6, 6.07) is 19.4. The normalized spacial score (nSPS) is 15.5. The molecule has 14 nitrogen and oxygen atoms in total. The van der Waals surface area contributed by atoms with Gasteiger partial charge in [-0.1, -0.05) is 53.5 Å². The number of aliphatic hydroxyl groups is 1. The predicted molar refractivity (Wildman–Crippen MR) is 205 cm³/mol. The third-order valence-corrected chi connectivity index (χ3v) is 10.7. The van der Waals surface area contributed by atoms with E-state index in [0.717, 1.165) is 74.6 Å². The maximum atomic E-state index is 13.8. The Morgan fingerprint density at radius 3 is 2.18 bits per heavy atom. The molecule has 1 unspecified atom stereocenters. The average Bonchev–Trinajstić information content (AvgIpc) is 3.13. The molecule has 16 heteroatoms. The van der Waals surface area contributed by atoms with Crippen molar-refractivity contribution in [1.82, 2.24) is 14.7 Å². The van der Waals surface area contributed by atoms with Crippen molar-refractivity contribution >= 4 is 63.7 Å². The molecule has 0 aromatic heterocycles. The van der Waals surface area contributed by atoms with Gasteiger partial charge in [0.05, 0.1) is 34.5 Å². The van der Waals surface area contributed by atoms with Gasteiger partial charge >= 0.3 is 17.9 Å². The molecule has 3 aromatic rings. The van der Waals surface area contributed by atoms with Crippen molar-refractivity contribution in [3.8, 4) is 6.07 Å². The van der Waals surface area contributed by atoms with Gasteiger partial charge in [0.15, 0.2) is 5.60 Å². The minimum absolute atomic E-state index is 0. The number of amides is 2. The molecule has 296 valence electrons. The van der Waals surface area contributed by atoms with Crippen molar-refractivity contribution in [3.05, 3.63) is 81.3 Å². The van der Waals surface area contributed by atoms with Crippen LogP contribution in [0.4, 0.5) is 0 Å². The van der Waals surface area contributed by atoms with E-state index in [1.54, 1.807) is 11.0 Å². The predicted octanol–water partition coefficient (Wildman–Crippen LogP) is 4.67. The fourth-order valence-electron chi connectivity index (χ4n) is 7.02. The highest BCUT2D eigenvalue weighted by atomic mass is 35.5. The summed E-state index contributed by atoms with van der Waals surface area (Å²) < 4.78 is 0. The number of benzene rings is 3. The molecule has 2 amide bonds. The van der Waals surface area contributed by atoms with Gasteiger partial charge in [0.25, 0.3) is 5.91 Å². The van der Waals surface area contributed by atoms with E-state index >= 15 is 0 Å². The number of fused-ring (bicyclic) bond motifs is 1. The van der Waals surface area contributed by atoms with Crippen LogP contribution in [0.3, 0.4) is 0 Å². The van der Waals surface area contributed by atoms with Crippen molar-refractivity contribution in [3.63, 3.8) is 0 Å². The second-order valence-electron chi connectivity index (χ2n) is 13.8. The molecule has 6 N–H and O–H groups in total. The third-order valence-electron chi connectivity index (χ3n) is 9.91. The lowest BCUT2D eigenvalue weighted by Crippen LogP contribution is -2.49. The molecule has 2 fully saturated rings. The molecular weight excluding hydrogens is 755 g/mol. The number of hydrogen-bond donors (Lipinski definition) is 4. The largest absolute Gasteiger partial charge is 0.481 e. The van der Waals surface area contributed by atoms with Crippen molar-refractivity contribution in [2.45, 2.75) is 68.9 Å². The number of likely N-dealkylation sites (tertiary alicyclic amines) is 2. The van der Waals surface area contributed by atoms with Gasteiger partial charge < -0.3 is 40.6 Å². The first kappa shape index (κ1) is 44.6. The highest BCUT2D eigenvalue weighted by Gasteiger charge is 2.41. The Labute approximate surface area is 328 Å². The van der Waals surface area contributed by atoms with Crippen molar-refractivity contribution < 1.29 is 49.9 Å². The van der Waals surface area contributed by atoms with Gasteiger partial charge in [0, 0.05) is 57.2 Å². The number of rotatable bonds is 13. The number of likely N-dealkylation sites (N-methyl/N-ethyl adjacent to an activating group) is 1. The monoisotopic (exact) mass is 800 g/mol. The van der Waals surface area contributed by atoms with Crippen LogP contribution >= 0.6 is 23.2 Å². The summed E-state index contributed by atoms with van der Waals surface area (Å²) in [6.07, 6.45) is 3.38. The Kier molecular flexibility index (Phi) is 16.4. The number of halogens is 2. The lowest BCUT2D eigenvalue weighted by atomic mass is 9.93. The van der Waals surface area contributed by atoms with E-state index in [9.17, 15) is 29.2 Å². The van der Waals surface area contributed by atoms with E-state index in [4.69, 9.17) is 43.6 Å². The molecule has 0 radical (unpaired) electrons. The lowest BCUT2D eigenvalue weighted by Gasteiger charge is -2.40.